The molecule has 6 heteroatoms. The Hall–Kier alpha value is -2.99. The molecule has 24 heavy (non-hydrogen) atoms. The summed E-state index contributed by atoms with van der Waals surface area (Å²) in [5, 5.41) is 8.41. The number of ether oxygens (including phenoxy) is 2. The second kappa shape index (κ2) is 8.59. The molecule has 0 aromatic heterocycles. The van der Waals surface area contributed by atoms with Gasteiger partial charge in [-0.1, -0.05) is 30.3 Å². The van der Waals surface area contributed by atoms with Gasteiger partial charge in [0, 0.05) is 11.1 Å². The van der Waals surface area contributed by atoms with Crippen LogP contribution in [0.15, 0.2) is 54.6 Å². The van der Waals surface area contributed by atoms with Gasteiger partial charge in [-0.05, 0) is 24.3 Å². The summed E-state index contributed by atoms with van der Waals surface area (Å²) in [5.74, 6) is -1.69. The van der Waals surface area contributed by atoms with Crippen molar-refractivity contribution in [2.24, 2.45) is 0 Å². The fourth-order valence-corrected chi connectivity index (χ4v) is 1.93. The van der Waals surface area contributed by atoms with Crippen molar-refractivity contribution in [3.63, 3.8) is 0 Å². The van der Waals surface area contributed by atoms with Crippen LogP contribution in [0, 0.1) is 0 Å². The van der Waals surface area contributed by atoms with Crippen molar-refractivity contribution in [2.45, 2.75) is 0 Å². The number of hydrogen-bond acceptors (Lipinski definition) is 5. The lowest BCUT2D eigenvalue weighted by molar-refractivity contribution is -0.142. The molecule has 0 saturated heterocycles. The third kappa shape index (κ3) is 5.03. The molecule has 2 aromatic rings. The van der Waals surface area contributed by atoms with E-state index in [9.17, 15) is 14.4 Å². The first-order valence-corrected chi connectivity index (χ1v) is 7.24. The summed E-state index contributed by atoms with van der Waals surface area (Å²) in [5.41, 5.74) is 0.622. The number of ketones is 2. The monoisotopic (exact) mass is 328 g/mol. The van der Waals surface area contributed by atoms with E-state index in [4.69, 9.17) is 14.6 Å². The summed E-state index contributed by atoms with van der Waals surface area (Å²) < 4.78 is 10.2. The number of benzene rings is 2. The summed E-state index contributed by atoms with van der Waals surface area (Å²) in [4.78, 5) is 34.5. The van der Waals surface area contributed by atoms with Gasteiger partial charge in [-0.25, -0.2) is 4.79 Å². The van der Waals surface area contributed by atoms with Gasteiger partial charge in [0.05, 0.1) is 6.61 Å². The maximum absolute atomic E-state index is 12.2. The molecule has 0 aliphatic carbocycles. The summed E-state index contributed by atoms with van der Waals surface area (Å²) in [6, 6.07) is 14.5. The number of Topliss-reactive ketones (excluding diaryl/α,β-unsaturated/α-hetero) is 2. The van der Waals surface area contributed by atoms with Crippen molar-refractivity contribution < 1.29 is 29.0 Å². The lowest BCUT2D eigenvalue weighted by Crippen LogP contribution is -2.14. The molecule has 2 aromatic carbocycles. The first kappa shape index (κ1) is 17.4. The molecule has 1 N–H and O–H groups in total. The van der Waals surface area contributed by atoms with Gasteiger partial charge in [0.25, 0.3) is 0 Å². The van der Waals surface area contributed by atoms with Crippen molar-refractivity contribution in [3.05, 3.63) is 65.7 Å². The van der Waals surface area contributed by atoms with Crippen LogP contribution in [-0.4, -0.2) is 42.5 Å². The maximum atomic E-state index is 12.2. The standard InChI is InChI=1S/C18H16O6/c19-16(20)12-23-10-11-24-15-8-6-14(7-9-15)18(22)17(21)13-4-2-1-3-5-13/h1-9H,10-12H2,(H,19,20). The molecule has 0 saturated carbocycles. The quantitative estimate of drug-likeness (QED) is 0.431. The van der Waals surface area contributed by atoms with E-state index in [2.05, 4.69) is 0 Å². The van der Waals surface area contributed by atoms with Crippen LogP contribution >= 0.6 is 0 Å². The van der Waals surface area contributed by atoms with E-state index in [1.165, 1.54) is 12.1 Å². The third-order valence-electron chi connectivity index (χ3n) is 3.08. The Morgan fingerprint density at radius 2 is 1.38 bits per heavy atom. The van der Waals surface area contributed by atoms with Crippen molar-refractivity contribution in [1.29, 1.82) is 0 Å². The molecular formula is C18H16O6. The molecule has 0 radical (unpaired) electrons. The van der Waals surface area contributed by atoms with Gasteiger partial charge >= 0.3 is 5.97 Å². The first-order valence-electron chi connectivity index (χ1n) is 7.24. The van der Waals surface area contributed by atoms with Gasteiger partial charge in [-0.15, -0.1) is 0 Å². The van der Waals surface area contributed by atoms with Crippen LogP contribution in [0.4, 0.5) is 0 Å². The van der Waals surface area contributed by atoms with Gasteiger partial charge in [-0.2, -0.15) is 0 Å². The minimum Gasteiger partial charge on any atom is -0.491 e. The normalized spacial score (nSPS) is 10.2. The number of carbonyl (C=O) groups is 3. The van der Waals surface area contributed by atoms with Crippen molar-refractivity contribution in [1.82, 2.24) is 0 Å². The van der Waals surface area contributed by atoms with E-state index >= 15 is 0 Å². The fraction of sp³-hybridized carbons (Fsp3) is 0.167. The second-order valence-electron chi connectivity index (χ2n) is 4.84. The first-order chi connectivity index (χ1) is 11.6. The van der Waals surface area contributed by atoms with Gasteiger partial charge in [0.2, 0.25) is 11.6 Å². The average molecular weight is 328 g/mol. The van der Waals surface area contributed by atoms with Crippen LogP contribution < -0.4 is 4.74 Å². The zero-order valence-electron chi connectivity index (χ0n) is 12.8. The molecular weight excluding hydrogens is 312 g/mol. The van der Waals surface area contributed by atoms with E-state index in [0.717, 1.165) is 0 Å². The van der Waals surface area contributed by atoms with E-state index in [1.54, 1.807) is 42.5 Å². The molecule has 0 amide bonds. The van der Waals surface area contributed by atoms with E-state index in [1.807, 2.05) is 0 Å². The summed E-state index contributed by atoms with van der Waals surface area (Å²) >= 11 is 0. The van der Waals surface area contributed by atoms with Crippen molar-refractivity contribution in [2.75, 3.05) is 19.8 Å². The lowest BCUT2D eigenvalue weighted by Gasteiger charge is -2.07. The van der Waals surface area contributed by atoms with Crippen molar-refractivity contribution >= 4 is 17.5 Å². The summed E-state index contributed by atoms with van der Waals surface area (Å²) in [6.45, 7) is -0.0542. The lowest BCUT2D eigenvalue weighted by atomic mass is 10.0. The Morgan fingerprint density at radius 1 is 0.792 bits per heavy atom. The molecule has 0 unspecified atom stereocenters. The van der Waals surface area contributed by atoms with Crippen LogP contribution in [0.3, 0.4) is 0 Å². The minimum absolute atomic E-state index is 0.138. The number of carboxylic acids is 1. The Kier molecular flexibility index (Phi) is 6.22. The van der Waals surface area contributed by atoms with Gasteiger partial charge in [0.15, 0.2) is 0 Å². The zero-order chi connectivity index (χ0) is 17.4. The summed E-state index contributed by atoms with van der Waals surface area (Å²) in [6.07, 6.45) is 0. The van der Waals surface area contributed by atoms with Crippen LogP contribution in [-0.2, 0) is 9.53 Å². The second-order valence-corrected chi connectivity index (χ2v) is 4.84. The van der Waals surface area contributed by atoms with Gasteiger partial charge < -0.3 is 14.6 Å². The Labute approximate surface area is 138 Å². The minimum atomic E-state index is -1.04. The number of aliphatic carboxylic acids is 1. The molecule has 0 spiro atoms. The largest absolute Gasteiger partial charge is 0.491 e. The Balaban J connectivity index is 1.88. The number of carbonyl (C=O) groups excluding carboxylic acids is 2. The van der Waals surface area contributed by atoms with E-state index in [0.29, 0.717) is 11.3 Å². The Morgan fingerprint density at radius 3 is 1.96 bits per heavy atom. The van der Waals surface area contributed by atoms with Crippen molar-refractivity contribution in [3.8, 4) is 5.75 Å². The highest BCUT2D eigenvalue weighted by molar-refractivity contribution is 6.49. The van der Waals surface area contributed by atoms with Crippen LogP contribution in [0.1, 0.15) is 20.7 Å². The summed E-state index contributed by atoms with van der Waals surface area (Å²) in [7, 11) is 0. The van der Waals surface area contributed by atoms with Gasteiger partial charge in [-0.3, -0.25) is 9.59 Å². The van der Waals surface area contributed by atoms with Crippen LogP contribution in [0.2, 0.25) is 0 Å². The van der Waals surface area contributed by atoms with E-state index in [-0.39, 0.29) is 25.4 Å². The average Bonchev–Trinajstić information content (AvgIpc) is 2.61. The molecule has 2 rings (SSSR count). The number of hydrogen-bond donors (Lipinski definition) is 1. The zero-order valence-corrected chi connectivity index (χ0v) is 12.8. The highest BCUT2D eigenvalue weighted by Crippen LogP contribution is 2.14. The van der Waals surface area contributed by atoms with Crippen LogP contribution in [0.25, 0.3) is 0 Å². The topological polar surface area (TPSA) is 89.9 Å². The molecule has 0 aliphatic heterocycles. The highest BCUT2D eigenvalue weighted by Gasteiger charge is 2.17. The van der Waals surface area contributed by atoms with Crippen LogP contribution in [0.5, 0.6) is 5.75 Å². The SMILES string of the molecule is O=C(O)COCCOc1ccc(C(=O)C(=O)c2ccccc2)cc1. The maximum Gasteiger partial charge on any atom is 0.329 e. The molecule has 124 valence electrons. The molecule has 0 heterocycles. The molecule has 0 atom stereocenters. The van der Waals surface area contributed by atoms with Gasteiger partial charge in [0.1, 0.15) is 19.0 Å². The molecule has 6 nitrogen and oxygen atoms in total. The molecule has 0 bridgehead atoms. The molecule has 0 aliphatic rings. The Bertz CT molecular complexity index is 706. The highest BCUT2D eigenvalue weighted by atomic mass is 16.5. The predicted octanol–water partition coefficient (Wildman–Crippen LogP) is 2.23. The fourth-order valence-electron chi connectivity index (χ4n) is 1.93. The third-order valence-corrected chi connectivity index (χ3v) is 3.08. The van der Waals surface area contributed by atoms with E-state index < -0.39 is 17.5 Å². The molecule has 0 fully saturated rings. The predicted molar refractivity (Wildman–Crippen MR) is 85.5 cm³/mol. The smallest absolute Gasteiger partial charge is 0.329 e. The number of rotatable bonds is 9. The number of carboxylic acid groups (broad SMARTS) is 1.